The molecule has 17 heavy (non-hydrogen) atoms. The lowest BCUT2D eigenvalue weighted by Gasteiger charge is -2.13. The Labute approximate surface area is 100 Å². The van der Waals surface area contributed by atoms with Crippen LogP contribution in [-0.4, -0.2) is 17.0 Å². The van der Waals surface area contributed by atoms with Crippen molar-refractivity contribution < 1.29 is 19.4 Å². The van der Waals surface area contributed by atoms with E-state index >= 15 is 0 Å². The van der Waals surface area contributed by atoms with Crippen LogP contribution in [0.5, 0.6) is 0 Å². The van der Waals surface area contributed by atoms with Gasteiger partial charge in [-0.2, -0.15) is 0 Å². The summed E-state index contributed by atoms with van der Waals surface area (Å²) in [5.74, 6) is -1.25. The number of carboxylic acid groups (broad SMARTS) is 1. The second-order valence-electron chi connectivity index (χ2n) is 3.79. The lowest BCUT2D eigenvalue weighted by molar-refractivity contribution is -0.148. The maximum Gasteiger partial charge on any atom is 0.306 e. The summed E-state index contributed by atoms with van der Waals surface area (Å²) in [7, 11) is 0. The van der Waals surface area contributed by atoms with E-state index in [1.165, 1.54) is 0 Å². The lowest BCUT2D eigenvalue weighted by atomic mass is 10.1. The molecule has 0 aromatic heterocycles. The molecule has 4 heteroatoms. The zero-order chi connectivity index (χ0) is 12.7. The lowest BCUT2D eigenvalue weighted by Crippen LogP contribution is -2.09. The fourth-order valence-electron chi connectivity index (χ4n) is 1.43. The Morgan fingerprint density at radius 1 is 1.24 bits per heavy atom. The summed E-state index contributed by atoms with van der Waals surface area (Å²) < 4.78 is 5.19. The van der Waals surface area contributed by atoms with Gasteiger partial charge in [0.05, 0.1) is 0 Å². The van der Waals surface area contributed by atoms with Crippen LogP contribution in [0.4, 0.5) is 0 Å². The van der Waals surface area contributed by atoms with Crippen LogP contribution in [0.3, 0.4) is 0 Å². The molecule has 0 amide bonds. The molecule has 0 radical (unpaired) electrons. The second-order valence-corrected chi connectivity index (χ2v) is 3.79. The van der Waals surface area contributed by atoms with E-state index in [1.54, 1.807) is 6.92 Å². The van der Waals surface area contributed by atoms with Gasteiger partial charge in [0.25, 0.3) is 0 Å². The highest BCUT2D eigenvalue weighted by Gasteiger charge is 2.11. The summed E-state index contributed by atoms with van der Waals surface area (Å²) in [6.07, 6.45) is 0.155. The zero-order valence-corrected chi connectivity index (χ0v) is 9.76. The number of rotatable bonds is 6. The second kappa shape index (κ2) is 6.68. The molecule has 1 aromatic carbocycles. The summed E-state index contributed by atoms with van der Waals surface area (Å²) in [5.41, 5.74) is 0.930. The van der Waals surface area contributed by atoms with Crippen molar-refractivity contribution in [2.75, 3.05) is 0 Å². The van der Waals surface area contributed by atoms with Crippen molar-refractivity contribution in [2.24, 2.45) is 0 Å². The van der Waals surface area contributed by atoms with Crippen molar-refractivity contribution in [1.82, 2.24) is 0 Å². The number of carbonyl (C=O) groups is 2. The Morgan fingerprint density at radius 3 is 2.47 bits per heavy atom. The quantitative estimate of drug-likeness (QED) is 0.771. The molecule has 1 N–H and O–H groups in total. The van der Waals surface area contributed by atoms with Gasteiger partial charge in [-0.25, -0.2) is 0 Å². The maximum absolute atomic E-state index is 11.4. The normalized spacial score (nSPS) is 11.8. The number of hydrogen-bond acceptors (Lipinski definition) is 3. The third-order valence-electron chi connectivity index (χ3n) is 2.35. The number of ether oxygens (including phenoxy) is 1. The van der Waals surface area contributed by atoms with Gasteiger partial charge in [-0.1, -0.05) is 30.3 Å². The third-order valence-corrected chi connectivity index (χ3v) is 2.35. The first-order valence-electron chi connectivity index (χ1n) is 5.56. The van der Waals surface area contributed by atoms with E-state index < -0.39 is 5.97 Å². The molecular formula is C13H16O4. The standard InChI is InChI=1S/C13H16O4/c1-10(11-6-3-2-4-7-11)17-13(16)9-5-8-12(14)15/h2-4,6-7,10H,5,8-9H2,1H3,(H,14,15)/t10-/m1/s1. The molecule has 0 saturated carbocycles. The van der Waals surface area contributed by atoms with Crippen molar-refractivity contribution in [3.05, 3.63) is 35.9 Å². The molecule has 0 bridgehead atoms. The first-order valence-corrected chi connectivity index (χ1v) is 5.56. The van der Waals surface area contributed by atoms with E-state index in [-0.39, 0.29) is 24.9 Å². The van der Waals surface area contributed by atoms with Gasteiger partial charge in [0.15, 0.2) is 0 Å². The molecule has 0 saturated heterocycles. The Balaban J connectivity index is 2.34. The van der Waals surface area contributed by atoms with Gasteiger partial charge in [0.2, 0.25) is 0 Å². The molecule has 0 aliphatic rings. The maximum atomic E-state index is 11.4. The first kappa shape index (κ1) is 13.2. The van der Waals surface area contributed by atoms with Crippen LogP contribution < -0.4 is 0 Å². The number of carboxylic acids is 1. The average Bonchev–Trinajstić information content (AvgIpc) is 2.29. The number of aliphatic carboxylic acids is 1. The summed E-state index contributed by atoms with van der Waals surface area (Å²) >= 11 is 0. The van der Waals surface area contributed by atoms with Crippen LogP contribution in [0.25, 0.3) is 0 Å². The Hall–Kier alpha value is -1.84. The van der Waals surface area contributed by atoms with E-state index in [0.29, 0.717) is 6.42 Å². The predicted octanol–water partition coefficient (Wildman–Crippen LogP) is 2.55. The molecule has 0 heterocycles. The van der Waals surface area contributed by atoms with Crippen LogP contribution in [0.2, 0.25) is 0 Å². The molecule has 92 valence electrons. The highest BCUT2D eigenvalue weighted by atomic mass is 16.5. The molecule has 0 fully saturated rings. The topological polar surface area (TPSA) is 63.6 Å². The van der Waals surface area contributed by atoms with Crippen molar-refractivity contribution in [1.29, 1.82) is 0 Å². The first-order chi connectivity index (χ1) is 8.09. The van der Waals surface area contributed by atoms with E-state index in [4.69, 9.17) is 9.84 Å². The summed E-state index contributed by atoms with van der Waals surface area (Å²) in [5, 5.41) is 8.43. The smallest absolute Gasteiger partial charge is 0.306 e. The molecule has 4 nitrogen and oxygen atoms in total. The van der Waals surface area contributed by atoms with E-state index in [9.17, 15) is 9.59 Å². The molecule has 0 spiro atoms. The average molecular weight is 236 g/mol. The van der Waals surface area contributed by atoms with Crippen LogP contribution in [0.1, 0.15) is 37.9 Å². The highest BCUT2D eigenvalue weighted by molar-refractivity contribution is 5.71. The molecule has 1 rings (SSSR count). The van der Waals surface area contributed by atoms with Gasteiger partial charge in [-0.15, -0.1) is 0 Å². The van der Waals surface area contributed by atoms with Gasteiger partial charge in [0, 0.05) is 12.8 Å². The minimum absolute atomic E-state index is 0.00514. The van der Waals surface area contributed by atoms with Gasteiger partial charge in [0.1, 0.15) is 6.10 Å². The zero-order valence-electron chi connectivity index (χ0n) is 9.76. The molecular weight excluding hydrogens is 220 g/mol. The monoisotopic (exact) mass is 236 g/mol. The van der Waals surface area contributed by atoms with Crippen molar-refractivity contribution in [2.45, 2.75) is 32.3 Å². The summed E-state index contributed by atoms with van der Waals surface area (Å²) in [6, 6.07) is 9.42. The van der Waals surface area contributed by atoms with Crippen LogP contribution in [-0.2, 0) is 14.3 Å². The van der Waals surface area contributed by atoms with E-state index in [2.05, 4.69) is 0 Å². The summed E-state index contributed by atoms with van der Waals surface area (Å²) in [4.78, 5) is 21.7. The predicted molar refractivity (Wildman–Crippen MR) is 62.4 cm³/mol. The van der Waals surface area contributed by atoms with Gasteiger partial charge in [-0.05, 0) is 18.9 Å². The van der Waals surface area contributed by atoms with Gasteiger partial charge < -0.3 is 9.84 Å². The molecule has 1 aromatic rings. The SMILES string of the molecule is C[C@@H](OC(=O)CCCC(=O)O)c1ccccc1. The highest BCUT2D eigenvalue weighted by Crippen LogP contribution is 2.17. The Kier molecular flexibility index (Phi) is 5.20. The van der Waals surface area contributed by atoms with Crippen LogP contribution >= 0.6 is 0 Å². The van der Waals surface area contributed by atoms with E-state index in [1.807, 2.05) is 30.3 Å². The molecule has 0 aliphatic heterocycles. The van der Waals surface area contributed by atoms with Gasteiger partial charge in [-0.3, -0.25) is 9.59 Å². The summed E-state index contributed by atoms with van der Waals surface area (Å²) in [6.45, 7) is 1.80. The number of esters is 1. The number of benzene rings is 1. The number of hydrogen-bond donors (Lipinski definition) is 1. The largest absolute Gasteiger partial charge is 0.481 e. The Morgan fingerprint density at radius 2 is 1.88 bits per heavy atom. The number of carbonyl (C=O) groups excluding carboxylic acids is 1. The van der Waals surface area contributed by atoms with Gasteiger partial charge >= 0.3 is 11.9 Å². The third kappa shape index (κ3) is 5.15. The fourth-order valence-corrected chi connectivity index (χ4v) is 1.43. The van der Waals surface area contributed by atoms with E-state index in [0.717, 1.165) is 5.56 Å². The molecule has 0 aliphatic carbocycles. The molecule has 1 atom stereocenters. The van der Waals surface area contributed by atoms with Crippen molar-refractivity contribution >= 4 is 11.9 Å². The Bertz CT molecular complexity index is 372. The fraction of sp³-hybridized carbons (Fsp3) is 0.385. The minimum atomic E-state index is -0.895. The van der Waals surface area contributed by atoms with Crippen molar-refractivity contribution in [3.8, 4) is 0 Å². The van der Waals surface area contributed by atoms with Crippen molar-refractivity contribution in [3.63, 3.8) is 0 Å². The molecule has 0 unspecified atom stereocenters. The van der Waals surface area contributed by atoms with Crippen LogP contribution in [0.15, 0.2) is 30.3 Å². The van der Waals surface area contributed by atoms with Crippen LogP contribution in [0, 0.1) is 0 Å². The minimum Gasteiger partial charge on any atom is -0.481 e.